The molecule has 44 heavy (non-hydrogen) atoms. The maximum atomic E-state index is 5.87. The number of hydrogen-bond donors (Lipinski definition) is 0. The van der Waals surface area contributed by atoms with Gasteiger partial charge in [0.25, 0.3) is 0 Å². The van der Waals surface area contributed by atoms with Gasteiger partial charge < -0.3 is 24.3 Å². The maximum Gasteiger partial charge on any atom is 4.00 e. The zero-order valence-electron chi connectivity index (χ0n) is 27.4. The minimum Gasteiger partial charge on any atom is -0.491 e. The van der Waals surface area contributed by atoms with Gasteiger partial charge in [-0.2, -0.15) is 12.1 Å². The molecule has 0 aliphatic heterocycles. The number of ether oxygens (including phenoxy) is 2. The van der Waals surface area contributed by atoms with Gasteiger partial charge in [-0.05, 0) is 63.1 Å². The Morgan fingerprint density at radius 1 is 0.545 bits per heavy atom. The van der Waals surface area contributed by atoms with E-state index in [2.05, 4.69) is 150 Å². The third kappa shape index (κ3) is 7.03. The van der Waals surface area contributed by atoms with E-state index in [4.69, 9.17) is 9.47 Å². The molecular formula is C40H44HfO2Si. The molecule has 6 rings (SSSR count). The molecule has 2 nitrogen and oxygen atoms in total. The van der Waals surface area contributed by atoms with Crippen LogP contribution in [0.2, 0.25) is 13.1 Å². The van der Waals surface area contributed by atoms with Crippen LogP contribution in [0.3, 0.4) is 0 Å². The van der Waals surface area contributed by atoms with Crippen molar-refractivity contribution in [2.75, 3.05) is 0 Å². The molecule has 0 unspecified atom stereocenters. The maximum absolute atomic E-state index is 5.87. The van der Waals surface area contributed by atoms with E-state index < -0.39 is 8.07 Å². The van der Waals surface area contributed by atoms with E-state index in [1.807, 2.05) is 0 Å². The molecule has 0 bridgehead atoms. The average molecular weight is 763 g/mol. The van der Waals surface area contributed by atoms with Crippen molar-refractivity contribution in [3.63, 3.8) is 0 Å². The summed E-state index contributed by atoms with van der Waals surface area (Å²) in [5.74, 6) is 1.82. The molecule has 0 radical (unpaired) electrons. The van der Waals surface area contributed by atoms with Gasteiger partial charge in [0, 0.05) is 0 Å². The summed E-state index contributed by atoms with van der Waals surface area (Å²) in [6, 6.07) is 40.1. The first-order valence-electron chi connectivity index (χ1n) is 14.6. The summed E-state index contributed by atoms with van der Waals surface area (Å²) >= 11 is 0. The SMILES string of the molecule is CC(C)Oc1ccc(-c2cccc3[cH-]c([Si](C)(C)c4cc5c(-c6ccc(OC(C)C)cc6)cccc5[cH-]4)cc23)cc1.[CH3-].[CH3-].[Hf+4]. The first-order chi connectivity index (χ1) is 19.7. The van der Waals surface area contributed by atoms with Gasteiger partial charge >= 0.3 is 25.8 Å². The fourth-order valence-electron chi connectivity index (χ4n) is 5.83. The molecule has 0 heterocycles. The monoisotopic (exact) mass is 764 g/mol. The second-order valence-corrected chi connectivity index (χ2v) is 16.5. The summed E-state index contributed by atoms with van der Waals surface area (Å²) in [6.45, 7) is 13.2. The molecule has 224 valence electrons. The standard InChI is InChI=1S/C38H38O2Si.2CH3.Hf/c1-25(2)39-31-17-13-27(14-18-31)35-11-7-9-29-21-33(23-37(29)35)41(5,6)34-22-30-10-8-12-36(38(30)24-34)28-15-19-32(20-16-28)40-26(3)4;;;/h7-26H,1-6H3;2*1H3;/q-2;2*-1;+4. The first kappa shape index (κ1) is 35.3. The topological polar surface area (TPSA) is 18.5 Å². The van der Waals surface area contributed by atoms with Crippen LogP contribution in [-0.2, 0) is 25.8 Å². The number of hydrogen-bond acceptors (Lipinski definition) is 2. The quantitative estimate of drug-likeness (QED) is 0.114. The zero-order chi connectivity index (χ0) is 28.7. The summed E-state index contributed by atoms with van der Waals surface area (Å²) in [6.07, 6.45) is 0.339. The van der Waals surface area contributed by atoms with Gasteiger partial charge in [0.15, 0.2) is 0 Å². The Morgan fingerprint density at radius 3 is 1.25 bits per heavy atom. The molecule has 0 fully saturated rings. The summed E-state index contributed by atoms with van der Waals surface area (Å²) < 4.78 is 11.7. The van der Waals surface area contributed by atoms with Crippen LogP contribution in [0.15, 0.2) is 109 Å². The molecule has 0 aliphatic rings. The van der Waals surface area contributed by atoms with Gasteiger partial charge in [-0.15, -0.1) is 68.3 Å². The minimum absolute atomic E-state index is 0. The number of benzene rings is 4. The molecule has 0 atom stereocenters. The van der Waals surface area contributed by atoms with Gasteiger partial charge in [-0.3, -0.25) is 0 Å². The summed E-state index contributed by atoms with van der Waals surface area (Å²) in [5, 5.41) is 8.18. The second kappa shape index (κ2) is 14.3. The van der Waals surface area contributed by atoms with Crippen molar-refractivity contribution in [2.24, 2.45) is 0 Å². The van der Waals surface area contributed by atoms with Gasteiger partial charge in [0.2, 0.25) is 0 Å². The Labute approximate surface area is 284 Å². The van der Waals surface area contributed by atoms with Crippen LogP contribution in [-0.4, -0.2) is 20.3 Å². The fourth-order valence-corrected chi connectivity index (χ4v) is 8.21. The first-order valence-corrected chi connectivity index (χ1v) is 17.6. The third-order valence-electron chi connectivity index (χ3n) is 8.02. The Kier molecular flexibility index (Phi) is 11.4. The number of fused-ring (bicyclic) bond motifs is 2. The molecule has 0 saturated carbocycles. The zero-order valence-corrected chi connectivity index (χ0v) is 32.0. The molecule has 0 aromatic heterocycles. The molecule has 0 amide bonds. The van der Waals surface area contributed by atoms with Crippen LogP contribution in [0.1, 0.15) is 27.7 Å². The molecule has 0 spiro atoms. The molecule has 0 saturated heterocycles. The molecule has 0 aliphatic carbocycles. The Bertz CT molecular complexity index is 1670. The van der Waals surface area contributed by atoms with Crippen molar-refractivity contribution >= 4 is 40.0 Å². The van der Waals surface area contributed by atoms with Crippen LogP contribution in [0.5, 0.6) is 11.5 Å². The Morgan fingerprint density at radius 2 is 0.909 bits per heavy atom. The molecule has 4 heteroatoms. The van der Waals surface area contributed by atoms with Crippen molar-refractivity contribution < 1.29 is 35.3 Å². The largest absolute Gasteiger partial charge is 4.00 e. The van der Waals surface area contributed by atoms with E-state index >= 15 is 0 Å². The van der Waals surface area contributed by atoms with Crippen molar-refractivity contribution in [1.29, 1.82) is 0 Å². The van der Waals surface area contributed by atoms with Gasteiger partial charge in [0.1, 0.15) is 11.5 Å². The molecule has 0 N–H and O–H groups in total. The minimum atomic E-state index is -1.96. The van der Waals surface area contributed by atoms with Crippen LogP contribution in [0.4, 0.5) is 0 Å². The average Bonchev–Trinajstić information content (AvgIpc) is 3.59. The van der Waals surface area contributed by atoms with Gasteiger partial charge in [-0.25, -0.2) is 0 Å². The molecule has 6 aromatic carbocycles. The fraction of sp³-hybridized carbons (Fsp3) is 0.200. The van der Waals surface area contributed by atoms with E-state index in [0.717, 1.165) is 11.5 Å². The predicted octanol–water partition coefficient (Wildman–Crippen LogP) is 10.1. The van der Waals surface area contributed by atoms with Crippen LogP contribution < -0.4 is 19.8 Å². The van der Waals surface area contributed by atoms with E-state index in [-0.39, 0.29) is 52.9 Å². The van der Waals surface area contributed by atoms with Crippen LogP contribution in [0.25, 0.3) is 43.8 Å². The Hall–Kier alpha value is -3.21. The van der Waals surface area contributed by atoms with Crippen LogP contribution in [0, 0.1) is 14.9 Å². The molecular weight excluding hydrogens is 719 g/mol. The molecule has 6 aromatic rings. The van der Waals surface area contributed by atoms with Crippen molar-refractivity contribution in [2.45, 2.75) is 53.0 Å². The summed E-state index contributed by atoms with van der Waals surface area (Å²) in [5.41, 5.74) is 4.98. The smallest absolute Gasteiger partial charge is 0.491 e. The van der Waals surface area contributed by atoms with Crippen molar-refractivity contribution in [3.8, 4) is 33.8 Å². The van der Waals surface area contributed by atoms with Crippen molar-refractivity contribution in [3.05, 3.63) is 124 Å². The van der Waals surface area contributed by atoms with Gasteiger partial charge in [-0.1, -0.05) is 60.6 Å². The summed E-state index contributed by atoms with van der Waals surface area (Å²) in [7, 11) is -1.96. The van der Waals surface area contributed by atoms with Gasteiger partial charge in [0.05, 0.1) is 20.3 Å². The summed E-state index contributed by atoms with van der Waals surface area (Å²) in [4.78, 5) is 0. The van der Waals surface area contributed by atoms with Crippen LogP contribution >= 0.6 is 0 Å². The van der Waals surface area contributed by atoms with Crippen molar-refractivity contribution in [1.82, 2.24) is 0 Å². The van der Waals surface area contributed by atoms with E-state index in [9.17, 15) is 0 Å². The Balaban J connectivity index is 0.00000176. The van der Waals surface area contributed by atoms with E-state index in [0.29, 0.717) is 0 Å². The van der Waals surface area contributed by atoms with E-state index in [1.54, 1.807) is 0 Å². The normalized spacial score (nSPS) is 11.3. The third-order valence-corrected chi connectivity index (χ3v) is 11.5. The number of rotatable bonds is 8. The predicted molar refractivity (Wildman–Crippen MR) is 191 cm³/mol. The van der Waals surface area contributed by atoms with E-state index in [1.165, 1.54) is 54.2 Å². The second-order valence-electron chi connectivity index (χ2n) is 12.1.